The Morgan fingerprint density at radius 2 is 2.08 bits per heavy atom. The third kappa shape index (κ3) is 4.42. The fourth-order valence-electron chi connectivity index (χ4n) is 5.47. The second-order valence-corrected chi connectivity index (χ2v) is 10.3. The van der Waals surface area contributed by atoms with E-state index in [1.165, 1.54) is 5.57 Å². The number of aliphatic hydroxyl groups excluding tert-OH is 1. The summed E-state index contributed by atoms with van der Waals surface area (Å²) in [4.78, 5) is 9.78. The van der Waals surface area contributed by atoms with Crippen LogP contribution in [0, 0.1) is 5.92 Å². The highest BCUT2D eigenvalue weighted by molar-refractivity contribution is 5.95. The molecule has 5 rings (SSSR count). The van der Waals surface area contributed by atoms with Gasteiger partial charge in [-0.25, -0.2) is 0 Å². The minimum atomic E-state index is -0.585. The van der Waals surface area contributed by atoms with E-state index < -0.39 is 5.54 Å². The third-order valence-electron chi connectivity index (χ3n) is 7.50. The molecule has 0 amide bonds. The number of dihydropyridines is 1. The Bertz CT molecular complexity index is 1450. The van der Waals surface area contributed by atoms with Gasteiger partial charge in [0.2, 0.25) is 0 Å². The second kappa shape index (κ2) is 9.87. The predicted octanol–water partition coefficient (Wildman–Crippen LogP) is 5.85. The first-order valence-corrected chi connectivity index (χ1v) is 12.9. The van der Waals surface area contributed by atoms with Crippen molar-refractivity contribution in [3.8, 4) is 0 Å². The topological polar surface area (TPSA) is 89.0 Å². The molecular formula is C31H35N5O. The summed E-state index contributed by atoms with van der Waals surface area (Å²) in [5.41, 5.74) is 12.2. The number of nitrogens with zero attached hydrogens (tertiary/aromatic N) is 3. The lowest BCUT2D eigenvalue weighted by atomic mass is 9.86. The first kappa shape index (κ1) is 24.8. The Morgan fingerprint density at radius 3 is 2.70 bits per heavy atom. The van der Waals surface area contributed by atoms with Crippen LogP contribution in [0.1, 0.15) is 50.9 Å². The van der Waals surface area contributed by atoms with Crippen molar-refractivity contribution in [2.45, 2.75) is 51.7 Å². The van der Waals surface area contributed by atoms with Gasteiger partial charge in [-0.15, -0.1) is 0 Å². The van der Waals surface area contributed by atoms with E-state index in [-0.39, 0.29) is 17.8 Å². The van der Waals surface area contributed by atoms with Crippen LogP contribution in [0.3, 0.4) is 0 Å². The predicted molar refractivity (Wildman–Crippen MR) is 152 cm³/mol. The van der Waals surface area contributed by atoms with Crippen LogP contribution in [0.25, 0.3) is 22.2 Å². The van der Waals surface area contributed by atoms with E-state index >= 15 is 0 Å². The van der Waals surface area contributed by atoms with Gasteiger partial charge in [0.25, 0.3) is 0 Å². The van der Waals surface area contributed by atoms with E-state index in [9.17, 15) is 5.11 Å². The van der Waals surface area contributed by atoms with Crippen molar-refractivity contribution >= 4 is 22.2 Å². The fourth-order valence-corrected chi connectivity index (χ4v) is 5.47. The van der Waals surface area contributed by atoms with E-state index in [2.05, 4.69) is 72.4 Å². The lowest BCUT2D eigenvalue weighted by molar-refractivity contribution is 0.326. The van der Waals surface area contributed by atoms with Crippen molar-refractivity contribution in [3.63, 3.8) is 0 Å². The Hall–Kier alpha value is -3.90. The second-order valence-electron chi connectivity index (χ2n) is 10.3. The third-order valence-corrected chi connectivity index (χ3v) is 7.50. The van der Waals surface area contributed by atoms with E-state index in [4.69, 9.17) is 15.7 Å². The molecule has 1 aliphatic carbocycles. The summed E-state index contributed by atoms with van der Waals surface area (Å²) >= 11 is 0. The molecule has 190 valence electrons. The maximum atomic E-state index is 10.5. The fraction of sp³-hybridized carbons (Fsp3) is 0.290. The number of fused-ring (bicyclic) bond motifs is 1. The Kier molecular flexibility index (Phi) is 6.61. The zero-order chi connectivity index (χ0) is 26.2. The monoisotopic (exact) mass is 493 g/mol. The average molecular weight is 494 g/mol. The van der Waals surface area contributed by atoms with Crippen LogP contribution in [-0.4, -0.2) is 31.7 Å². The molecule has 37 heavy (non-hydrogen) atoms. The smallest absolute Gasteiger partial charge is 0.107 e. The van der Waals surface area contributed by atoms with Crippen molar-refractivity contribution < 1.29 is 5.11 Å². The van der Waals surface area contributed by atoms with Gasteiger partial charge < -0.3 is 20.7 Å². The number of nitrogens with two attached hydrogens (primary N) is 1. The molecule has 0 aromatic carbocycles. The summed E-state index contributed by atoms with van der Waals surface area (Å²) in [6, 6.07) is 7.74. The summed E-state index contributed by atoms with van der Waals surface area (Å²) in [5, 5.41) is 14.0. The van der Waals surface area contributed by atoms with Crippen molar-refractivity contribution in [2.75, 3.05) is 0 Å². The van der Waals surface area contributed by atoms with Gasteiger partial charge in [-0.3, -0.25) is 9.97 Å². The average Bonchev–Trinajstić information content (AvgIpc) is 3.29. The molecule has 0 bridgehead atoms. The van der Waals surface area contributed by atoms with Crippen LogP contribution < -0.4 is 11.1 Å². The standard InChI is InChI=1S/C31H35N5O/c1-20-11-13-23(14-12-20)25-19-36(26-17-24(18-35-30(25)26)29(21(2)32)22(3)37)31(4,27-9-5-7-15-33-27)28-10-6-8-16-34-28/h5-11,13-21,27,33,37H,12,32H2,1-4H3/b29-22+. The zero-order valence-corrected chi connectivity index (χ0v) is 21.9. The Morgan fingerprint density at radius 1 is 1.24 bits per heavy atom. The van der Waals surface area contributed by atoms with E-state index in [1.807, 2.05) is 43.7 Å². The van der Waals surface area contributed by atoms with Crippen LogP contribution in [0.5, 0.6) is 0 Å². The molecular weight excluding hydrogens is 458 g/mol. The van der Waals surface area contributed by atoms with Crippen LogP contribution >= 0.6 is 0 Å². The van der Waals surface area contributed by atoms with Crippen molar-refractivity contribution in [1.82, 2.24) is 19.9 Å². The molecule has 0 saturated heterocycles. The molecule has 2 aliphatic rings. The van der Waals surface area contributed by atoms with Crippen LogP contribution in [0.2, 0.25) is 0 Å². The maximum absolute atomic E-state index is 10.5. The first-order chi connectivity index (χ1) is 17.8. The summed E-state index contributed by atoms with van der Waals surface area (Å²) in [6.07, 6.45) is 21.8. The largest absolute Gasteiger partial charge is 0.512 e. The van der Waals surface area contributed by atoms with E-state index in [0.717, 1.165) is 34.3 Å². The summed E-state index contributed by atoms with van der Waals surface area (Å²) in [7, 11) is 0. The highest BCUT2D eigenvalue weighted by Gasteiger charge is 2.39. The number of allylic oxidation sites excluding steroid dienone is 7. The molecule has 6 nitrogen and oxygen atoms in total. The van der Waals surface area contributed by atoms with Crippen LogP contribution in [0.4, 0.5) is 0 Å². The maximum Gasteiger partial charge on any atom is 0.107 e. The zero-order valence-electron chi connectivity index (χ0n) is 21.9. The number of pyridine rings is 2. The van der Waals surface area contributed by atoms with Crippen LogP contribution in [0.15, 0.2) is 91.3 Å². The molecule has 0 fully saturated rings. The van der Waals surface area contributed by atoms with Crippen molar-refractivity contribution in [2.24, 2.45) is 11.7 Å². The van der Waals surface area contributed by atoms with Gasteiger partial charge >= 0.3 is 0 Å². The summed E-state index contributed by atoms with van der Waals surface area (Å²) < 4.78 is 2.29. The lowest BCUT2D eigenvalue weighted by Gasteiger charge is -2.39. The van der Waals surface area contributed by atoms with Gasteiger partial charge in [-0.05, 0) is 69.2 Å². The normalized spacial score (nSPS) is 22.2. The molecule has 3 aromatic rings. The molecule has 4 atom stereocenters. The van der Waals surface area contributed by atoms with Gasteiger partial charge in [0.1, 0.15) is 5.54 Å². The Labute approximate surface area is 218 Å². The number of rotatable bonds is 6. The molecule has 0 radical (unpaired) electrons. The van der Waals surface area contributed by atoms with Gasteiger partial charge in [0.05, 0.1) is 28.5 Å². The molecule has 1 aliphatic heterocycles. The molecule has 0 saturated carbocycles. The summed E-state index contributed by atoms with van der Waals surface area (Å²) in [5.74, 6) is 0.723. The summed E-state index contributed by atoms with van der Waals surface area (Å²) in [6.45, 7) is 7.99. The first-order valence-electron chi connectivity index (χ1n) is 12.9. The molecule has 4 N–H and O–H groups in total. The lowest BCUT2D eigenvalue weighted by Crippen LogP contribution is -2.49. The minimum absolute atomic E-state index is 0.0570. The molecule has 0 spiro atoms. The molecule has 4 unspecified atom stereocenters. The number of aromatic nitrogens is 3. The highest BCUT2D eigenvalue weighted by atomic mass is 16.3. The van der Waals surface area contributed by atoms with Gasteiger partial charge in [-0.2, -0.15) is 0 Å². The Balaban J connectivity index is 1.82. The number of nitrogens with one attached hydrogen (secondary N) is 1. The minimum Gasteiger partial charge on any atom is -0.512 e. The van der Waals surface area contributed by atoms with Crippen molar-refractivity contribution in [1.29, 1.82) is 0 Å². The van der Waals surface area contributed by atoms with E-state index in [1.54, 1.807) is 6.92 Å². The number of aliphatic hydroxyl groups is 1. The SMILES string of the molecule is C/C(O)=C(\c1cnc2c(C3=CCC(C)C=C3)cn(C(C)(c3ccccn3)C3C=CC=CN3)c2c1)C(C)N. The number of hydrogen-bond donors (Lipinski definition) is 3. The van der Waals surface area contributed by atoms with Crippen molar-refractivity contribution in [3.05, 3.63) is 108 Å². The molecule has 6 heteroatoms. The van der Waals surface area contributed by atoms with E-state index in [0.29, 0.717) is 11.5 Å². The highest BCUT2D eigenvalue weighted by Crippen LogP contribution is 2.39. The molecule has 4 heterocycles. The quantitative estimate of drug-likeness (QED) is 0.375. The van der Waals surface area contributed by atoms with Gasteiger partial charge in [-0.1, -0.05) is 43.4 Å². The number of hydrogen-bond acceptors (Lipinski definition) is 5. The van der Waals surface area contributed by atoms with Gasteiger partial charge in [0.15, 0.2) is 0 Å². The van der Waals surface area contributed by atoms with Gasteiger partial charge in [0, 0.05) is 41.3 Å². The molecule has 3 aromatic heterocycles. The van der Waals surface area contributed by atoms with Crippen LogP contribution in [-0.2, 0) is 5.54 Å².